The minimum absolute atomic E-state index is 0.571. The number of hydrogen-bond acceptors (Lipinski definition) is 1. The number of unbranched alkanes of at least 4 members (excludes halogenated alkanes) is 3. The minimum Gasteiger partial charge on any atom is -0.475 e. The molecule has 0 aromatic rings. The van der Waals surface area contributed by atoms with Gasteiger partial charge >= 0.3 is 12.1 Å². The van der Waals surface area contributed by atoms with Crippen molar-refractivity contribution in [1.82, 2.24) is 0 Å². The van der Waals surface area contributed by atoms with Crippen LogP contribution in [0.5, 0.6) is 0 Å². The number of carboxylic acids is 1. The maximum absolute atomic E-state index is 10.6. The summed E-state index contributed by atoms with van der Waals surface area (Å²) >= 11 is 0. The number of rotatable bonds is 9. The fourth-order valence-electron chi connectivity index (χ4n) is 1.96. The third kappa shape index (κ3) is 14.4. The summed E-state index contributed by atoms with van der Waals surface area (Å²) in [5, 5.41) is 7.70. The van der Waals surface area contributed by atoms with Crippen molar-refractivity contribution in [2.24, 2.45) is 0 Å². The second-order valence-corrected chi connectivity index (χ2v) is 6.70. The monoisotopic (exact) mass is 330 g/mol. The zero-order valence-electron chi connectivity index (χ0n) is 13.4. The third-order valence-corrected chi connectivity index (χ3v) is 4.19. The molecule has 1 atom stereocenters. The first-order chi connectivity index (χ1) is 9.63. The van der Waals surface area contributed by atoms with Gasteiger partial charge in [0.25, 0.3) is 0 Å². The molecule has 0 spiro atoms. The van der Waals surface area contributed by atoms with Crippen LogP contribution in [0, 0.1) is 0 Å². The van der Waals surface area contributed by atoms with Gasteiger partial charge in [0, 0.05) is 0 Å². The first-order valence-electron chi connectivity index (χ1n) is 7.72. The van der Waals surface area contributed by atoms with Crippen molar-refractivity contribution in [1.29, 1.82) is 0 Å². The van der Waals surface area contributed by atoms with Gasteiger partial charge < -0.3 is 5.11 Å². The Kier molecular flexibility index (Phi) is 13.4. The summed E-state index contributed by atoms with van der Waals surface area (Å²) in [4.78, 5) is 8.90. The highest BCUT2D eigenvalue weighted by Gasteiger charge is 2.38. The Hall–Kier alpha value is -0.310. The van der Waals surface area contributed by atoms with Crippen LogP contribution >= 0.6 is 9.24 Å². The Balaban J connectivity index is 0. The molecule has 1 unspecified atom stereocenters. The summed E-state index contributed by atoms with van der Waals surface area (Å²) in [5.41, 5.74) is 0. The van der Waals surface area contributed by atoms with E-state index in [4.69, 9.17) is 9.90 Å². The first-order valence-corrected chi connectivity index (χ1v) is 8.29. The Morgan fingerprint density at radius 3 is 1.29 bits per heavy atom. The number of alkyl halides is 3. The van der Waals surface area contributed by atoms with E-state index in [2.05, 4.69) is 30.0 Å². The van der Waals surface area contributed by atoms with Gasteiger partial charge in [-0.05, 0) is 24.4 Å². The largest absolute Gasteiger partial charge is 0.490 e. The molecule has 0 aromatic heterocycles. The van der Waals surface area contributed by atoms with Gasteiger partial charge in [-0.25, -0.2) is 4.79 Å². The summed E-state index contributed by atoms with van der Waals surface area (Å²) in [7, 11) is 3.17. The van der Waals surface area contributed by atoms with E-state index in [-0.39, 0.29) is 0 Å². The zero-order valence-corrected chi connectivity index (χ0v) is 14.6. The van der Waals surface area contributed by atoms with E-state index in [9.17, 15) is 13.2 Å². The Morgan fingerprint density at radius 2 is 1.14 bits per heavy atom. The Labute approximate surface area is 129 Å². The Morgan fingerprint density at radius 1 is 0.905 bits per heavy atom. The number of aliphatic carboxylic acids is 1. The predicted octanol–water partition coefficient (Wildman–Crippen LogP) is 5.80. The molecule has 0 saturated heterocycles. The highest BCUT2D eigenvalue weighted by atomic mass is 31.0. The number of carboxylic acid groups (broad SMARTS) is 1. The maximum atomic E-state index is 10.6. The van der Waals surface area contributed by atoms with Crippen molar-refractivity contribution < 1.29 is 23.1 Å². The summed E-state index contributed by atoms with van der Waals surface area (Å²) < 4.78 is 31.7. The van der Waals surface area contributed by atoms with Crippen LogP contribution in [0.3, 0.4) is 0 Å². The van der Waals surface area contributed by atoms with Crippen molar-refractivity contribution in [2.75, 3.05) is 0 Å². The van der Waals surface area contributed by atoms with E-state index in [1.165, 1.54) is 57.8 Å². The molecule has 6 heteroatoms. The molecule has 0 bridgehead atoms. The molecule has 0 aliphatic rings. The summed E-state index contributed by atoms with van der Waals surface area (Å²) in [6.07, 6.45) is 7.37. The lowest BCUT2D eigenvalue weighted by Crippen LogP contribution is -2.21. The van der Waals surface area contributed by atoms with Gasteiger partial charge in [-0.2, -0.15) is 13.2 Å². The molecule has 0 aromatic carbocycles. The average molecular weight is 330 g/mol. The molecule has 0 saturated carbocycles. The fourth-order valence-corrected chi connectivity index (χ4v) is 2.57. The molecule has 0 aliphatic carbocycles. The van der Waals surface area contributed by atoms with Crippen LogP contribution in [0.15, 0.2) is 0 Å². The third-order valence-electron chi connectivity index (χ3n) is 3.33. The van der Waals surface area contributed by atoms with Crippen molar-refractivity contribution in [2.45, 2.75) is 89.9 Å². The van der Waals surface area contributed by atoms with E-state index in [1.807, 2.05) is 0 Å². The summed E-state index contributed by atoms with van der Waals surface area (Å²) in [6.45, 7) is 6.89. The van der Waals surface area contributed by atoms with Crippen LogP contribution in [0.2, 0.25) is 0 Å². The SMILES string of the molecule is CCCCC(P)(CCCC)CCCC.O=C(O)C(F)(F)F. The molecule has 0 fully saturated rings. The minimum atomic E-state index is -5.08. The second kappa shape index (κ2) is 12.3. The van der Waals surface area contributed by atoms with Gasteiger partial charge in [0.15, 0.2) is 0 Å². The summed E-state index contributed by atoms with van der Waals surface area (Å²) in [5.74, 6) is -2.76. The van der Waals surface area contributed by atoms with Crippen molar-refractivity contribution in [3.05, 3.63) is 0 Å². The van der Waals surface area contributed by atoms with Crippen LogP contribution in [-0.2, 0) is 4.79 Å². The predicted molar refractivity (Wildman–Crippen MR) is 84.7 cm³/mol. The smallest absolute Gasteiger partial charge is 0.475 e. The molecular weight excluding hydrogens is 300 g/mol. The topological polar surface area (TPSA) is 37.3 Å². The van der Waals surface area contributed by atoms with Crippen LogP contribution in [0.4, 0.5) is 13.2 Å². The standard InChI is InChI=1S/C13H29P.C2HF3O2/c1-4-7-10-13(14,11-8-5-2)12-9-6-3;3-2(4,5)1(6)7/h4-12,14H2,1-3H3;(H,6,7). The van der Waals surface area contributed by atoms with E-state index in [1.54, 1.807) is 0 Å². The normalized spacial score (nSPS) is 11.8. The van der Waals surface area contributed by atoms with E-state index >= 15 is 0 Å². The van der Waals surface area contributed by atoms with Crippen molar-refractivity contribution in [3.63, 3.8) is 0 Å². The van der Waals surface area contributed by atoms with Crippen LogP contribution in [0.1, 0.15) is 78.6 Å². The zero-order chi connectivity index (χ0) is 16.9. The lowest BCUT2D eigenvalue weighted by atomic mass is 9.90. The highest BCUT2D eigenvalue weighted by molar-refractivity contribution is 7.19. The molecule has 0 radical (unpaired) electrons. The Bertz CT molecular complexity index is 246. The average Bonchev–Trinajstić information content (AvgIpc) is 2.40. The van der Waals surface area contributed by atoms with Crippen LogP contribution in [-0.4, -0.2) is 22.4 Å². The molecule has 0 aliphatic heterocycles. The van der Waals surface area contributed by atoms with Gasteiger partial charge in [-0.1, -0.05) is 59.3 Å². The molecule has 128 valence electrons. The van der Waals surface area contributed by atoms with Gasteiger partial charge in [0.05, 0.1) is 0 Å². The first kappa shape index (κ1) is 23.0. The van der Waals surface area contributed by atoms with Crippen molar-refractivity contribution >= 4 is 15.2 Å². The molecule has 1 N–H and O–H groups in total. The van der Waals surface area contributed by atoms with Crippen molar-refractivity contribution in [3.8, 4) is 0 Å². The van der Waals surface area contributed by atoms with Gasteiger partial charge in [-0.15, -0.1) is 9.24 Å². The van der Waals surface area contributed by atoms with Crippen LogP contribution < -0.4 is 0 Å². The fraction of sp³-hybridized carbons (Fsp3) is 0.933. The molecule has 0 heterocycles. The maximum Gasteiger partial charge on any atom is 0.490 e. The van der Waals surface area contributed by atoms with Gasteiger partial charge in [-0.3, -0.25) is 0 Å². The van der Waals surface area contributed by atoms with Crippen LogP contribution in [0.25, 0.3) is 0 Å². The second-order valence-electron chi connectivity index (χ2n) is 5.48. The van der Waals surface area contributed by atoms with E-state index < -0.39 is 12.1 Å². The number of hydrogen-bond donors (Lipinski definition) is 1. The van der Waals surface area contributed by atoms with E-state index in [0.29, 0.717) is 5.16 Å². The molecular formula is C15H30F3O2P. The molecule has 21 heavy (non-hydrogen) atoms. The molecule has 0 rings (SSSR count). The number of halogens is 3. The van der Waals surface area contributed by atoms with E-state index in [0.717, 1.165) is 0 Å². The number of carbonyl (C=O) groups is 1. The molecule has 0 amide bonds. The van der Waals surface area contributed by atoms with Gasteiger partial charge in [0.2, 0.25) is 0 Å². The highest BCUT2D eigenvalue weighted by Crippen LogP contribution is 2.36. The molecule has 2 nitrogen and oxygen atoms in total. The summed E-state index contributed by atoms with van der Waals surface area (Å²) in [6, 6.07) is 0. The quantitative estimate of drug-likeness (QED) is 0.542. The lowest BCUT2D eigenvalue weighted by molar-refractivity contribution is -0.192. The van der Waals surface area contributed by atoms with Gasteiger partial charge in [0.1, 0.15) is 0 Å². The lowest BCUT2D eigenvalue weighted by Gasteiger charge is -2.29.